The van der Waals surface area contributed by atoms with E-state index in [0.29, 0.717) is 0 Å². The Bertz CT molecular complexity index is 1300. The van der Waals surface area contributed by atoms with Crippen LogP contribution in [0.4, 0.5) is 0 Å². The third-order valence-electron chi connectivity index (χ3n) is 5.43. The van der Waals surface area contributed by atoms with Crippen LogP contribution in [-0.2, 0) is 0 Å². The molecular weight excluding hydrogens is 398 g/mol. The zero-order chi connectivity index (χ0) is 21.0. The Morgan fingerprint density at radius 3 is 1.52 bits per heavy atom. The summed E-state index contributed by atoms with van der Waals surface area (Å²) in [4.78, 5) is 0. The van der Waals surface area contributed by atoms with Crippen molar-refractivity contribution in [3.8, 4) is 39.2 Å². The van der Waals surface area contributed by atoms with Gasteiger partial charge in [0.25, 0.3) is 0 Å². The Hall–Kier alpha value is -3.68. The molecule has 5 aromatic rings. The summed E-state index contributed by atoms with van der Waals surface area (Å²) < 4.78 is 2.25. The van der Waals surface area contributed by atoms with Crippen LogP contribution < -0.4 is 4.57 Å². The minimum atomic E-state index is 0.731. The summed E-state index contributed by atoms with van der Waals surface area (Å²) in [6.07, 6.45) is 2.24. The van der Waals surface area contributed by atoms with Crippen LogP contribution in [-0.4, -0.2) is 0 Å². The molecule has 31 heavy (non-hydrogen) atoms. The first-order chi connectivity index (χ1) is 15.3. The maximum absolute atomic E-state index is 6.18. The predicted octanol–water partition coefficient (Wildman–Crippen LogP) is 7.62. The Morgan fingerprint density at radius 2 is 0.968 bits per heavy atom. The van der Waals surface area contributed by atoms with Crippen molar-refractivity contribution in [1.29, 1.82) is 0 Å². The number of benzene rings is 4. The van der Waals surface area contributed by atoms with Gasteiger partial charge < -0.3 is 0 Å². The van der Waals surface area contributed by atoms with Gasteiger partial charge in [0.15, 0.2) is 6.20 Å². The van der Waals surface area contributed by atoms with Crippen LogP contribution in [0.3, 0.4) is 0 Å². The first-order valence-corrected chi connectivity index (χ1v) is 10.7. The van der Waals surface area contributed by atoms with Gasteiger partial charge in [-0.05, 0) is 35.4 Å². The van der Waals surface area contributed by atoms with Crippen molar-refractivity contribution in [1.82, 2.24) is 0 Å². The number of aromatic nitrogens is 1. The fourth-order valence-corrected chi connectivity index (χ4v) is 4.03. The Balaban J connectivity index is 1.84. The van der Waals surface area contributed by atoms with Gasteiger partial charge >= 0.3 is 0 Å². The summed E-state index contributed by atoms with van der Waals surface area (Å²) in [7, 11) is 0. The molecule has 1 aromatic heterocycles. The molecule has 148 valence electrons. The van der Waals surface area contributed by atoms with E-state index in [4.69, 9.17) is 11.6 Å². The van der Waals surface area contributed by atoms with Crippen LogP contribution in [0, 0.1) is 0 Å². The maximum Gasteiger partial charge on any atom is 0.219 e. The normalized spacial score (nSPS) is 10.7. The molecule has 0 fully saturated rings. The van der Waals surface area contributed by atoms with Gasteiger partial charge in [-0.2, -0.15) is 4.57 Å². The minimum absolute atomic E-state index is 0.731. The van der Waals surface area contributed by atoms with E-state index in [1.54, 1.807) is 0 Å². The minimum Gasteiger partial charge on any atom is -0.159 e. The van der Waals surface area contributed by atoms with Crippen LogP contribution in [0.15, 0.2) is 128 Å². The summed E-state index contributed by atoms with van der Waals surface area (Å²) in [5.41, 5.74) is 8.12. The molecule has 0 bridgehead atoms. The number of hydrogen-bond acceptors (Lipinski definition) is 0. The Labute approximate surface area is 187 Å². The number of rotatable bonds is 4. The van der Waals surface area contributed by atoms with Crippen molar-refractivity contribution in [2.24, 2.45) is 0 Å². The summed E-state index contributed by atoms with van der Waals surface area (Å²) >= 11 is 6.18. The SMILES string of the molecule is Clc1ccc(-[n+]2cc(-c3ccccc3)c(-c3ccccc3)cc2-c2ccccc2)cc1. The molecule has 0 radical (unpaired) electrons. The molecule has 2 heteroatoms. The van der Waals surface area contributed by atoms with Crippen LogP contribution in [0.1, 0.15) is 0 Å². The third-order valence-corrected chi connectivity index (χ3v) is 5.68. The molecule has 0 unspecified atom stereocenters. The lowest BCUT2D eigenvalue weighted by Gasteiger charge is -2.13. The average Bonchev–Trinajstić information content (AvgIpc) is 2.85. The highest BCUT2D eigenvalue weighted by molar-refractivity contribution is 6.30. The molecule has 0 aliphatic rings. The van der Waals surface area contributed by atoms with Gasteiger partial charge in [0.05, 0.1) is 5.56 Å². The van der Waals surface area contributed by atoms with E-state index in [1.165, 1.54) is 22.3 Å². The second-order valence-corrected chi connectivity index (χ2v) is 7.87. The van der Waals surface area contributed by atoms with Gasteiger partial charge in [0.2, 0.25) is 11.4 Å². The van der Waals surface area contributed by atoms with Gasteiger partial charge in [-0.15, -0.1) is 0 Å². The molecule has 4 aromatic carbocycles. The molecule has 0 saturated carbocycles. The third kappa shape index (κ3) is 4.01. The highest BCUT2D eigenvalue weighted by atomic mass is 35.5. The van der Waals surface area contributed by atoms with Crippen molar-refractivity contribution in [2.45, 2.75) is 0 Å². The molecule has 0 aliphatic heterocycles. The van der Waals surface area contributed by atoms with E-state index < -0.39 is 0 Å². The summed E-state index contributed by atoms with van der Waals surface area (Å²) in [6, 6.07) is 41.9. The standard InChI is InChI=1S/C29H21ClN/c30-25-16-18-26(19-17-25)31-21-28(23-12-6-2-7-13-23)27(22-10-4-1-5-11-22)20-29(31)24-14-8-3-9-15-24/h1-21H/q+1. The van der Waals surface area contributed by atoms with Gasteiger partial charge in [-0.3, -0.25) is 0 Å². The van der Waals surface area contributed by atoms with E-state index in [1.807, 2.05) is 18.2 Å². The molecule has 1 nitrogen and oxygen atoms in total. The zero-order valence-electron chi connectivity index (χ0n) is 16.9. The highest BCUT2D eigenvalue weighted by Crippen LogP contribution is 2.34. The zero-order valence-corrected chi connectivity index (χ0v) is 17.7. The summed E-state index contributed by atoms with van der Waals surface area (Å²) in [6.45, 7) is 0. The monoisotopic (exact) mass is 418 g/mol. The lowest BCUT2D eigenvalue weighted by Crippen LogP contribution is -2.33. The smallest absolute Gasteiger partial charge is 0.159 e. The number of hydrogen-bond donors (Lipinski definition) is 0. The molecule has 0 saturated heterocycles. The summed E-state index contributed by atoms with van der Waals surface area (Å²) in [5.74, 6) is 0. The Morgan fingerprint density at radius 1 is 0.484 bits per heavy atom. The first-order valence-electron chi connectivity index (χ1n) is 10.3. The molecule has 0 aliphatic carbocycles. The summed E-state index contributed by atoms with van der Waals surface area (Å²) in [5, 5.41) is 0.731. The van der Waals surface area contributed by atoms with Crippen LogP contribution >= 0.6 is 11.6 Å². The first kappa shape index (κ1) is 19.3. The molecule has 5 rings (SSSR count). The highest BCUT2D eigenvalue weighted by Gasteiger charge is 2.22. The van der Waals surface area contributed by atoms with Gasteiger partial charge in [-0.25, -0.2) is 0 Å². The number of halogens is 1. The number of pyridine rings is 1. The van der Waals surface area contributed by atoms with Crippen molar-refractivity contribution >= 4 is 11.6 Å². The molecule has 0 spiro atoms. The molecular formula is C29H21ClN+. The predicted molar refractivity (Wildman–Crippen MR) is 129 cm³/mol. The molecule has 1 heterocycles. The van der Waals surface area contributed by atoms with Crippen molar-refractivity contribution in [2.75, 3.05) is 0 Å². The average molecular weight is 419 g/mol. The van der Waals surface area contributed by atoms with Crippen LogP contribution in [0.25, 0.3) is 39.2 Å². The van der Waals surface area contributed by atoms with E-state index >= 15 is 0 Å². The largest absolute Gasteiger partial charge is 0.219 e. The van der Waals surface area contributed by atoms with Gasteiger partial charge in [0, 0.05) is 34.3 Å². The van der Waals surface area contributed by atoms with E-state index in [2.05, 4.69) is 114 Å². The fraction of sp³-hybridized carbons (Fsp3) is 0. The fourth-order valence-electron chi connectivity index (χ4n) is 3.90. The Kier molecular flexibility index (Phi) is 5.35. The molecule has 0 N–H and O–H groups in total. The van der Waals surface area contributed by atoms with E-state index in [-0.39, 0.29) is 0 Å². The quantitative estimate of drug-likeness (QED) is 0.264. The van der Waals surface area contributed by atoms with Crippen LogP contribution in [0.5, 0.6) is 0 Å². The number of nitrogens with zero attached hydrogens (tertiary/aromatic N) is 1. The molecule has 0 atom stereocenters. The van der Waals surface area contributed by atoms with Crippen molar-refractivity contribution < 1.29 is 4.57 Å². The van der Waals surface area contributed by atoms with Crippen molar-refractivity contribution in [3.63, 3.8) is 0 Å². The van der Waals surface area contributed by atoms with Crippen LogP contribution in [0.2, 0.25) is 5.02 Å². The maximum atomic E-state index is 6.18. The van der Waals surface area contributed by atoms with E-state index in [9.17, 15) is 0 Å². The van der Waals surface area contributed by atoms with Gasteiger partial charge in [-0.1, -0.05) is 90.5 Å². The lowest BCUT2D eigenvalue weighted by atomic mass is 9.94. The van der Waals surface area contributed by atoms with Gasteiger partial charge in [0.1, 0.15) is 0 Å². The lowest BCUT2D eigenvalue weighted by molar-refractivity contribution is -0.583. The molecule has 0 amide bonds. The topological polar surface area (TPSA) is 3.88 Å². The second kappa shape index (κ2) is 8.59. The second-order valence-electron chi connectivity index (χ2n) is 7.43. The van der Waals surface area contributed by atoms with E-state index in [0.717, 1.165) is 22.0 Å². The van der Waals surface area contributed by atoms with Crippen molar-refractivity contribution in [3.05, 3.63) is 133 Å².